The van der Waals surface area contributed by atoms with Crippen molar-refractivity contribution >= 4 is 15.9 Å². The fraction of sp³-hybridized carbons (Fsp3) is 0.588. The fourth-order valence-corrected chi connectivity index (χ4v) is 4.12. The van der Waals surface area contributed by atoms with Crippen molar-refractivity contribution in [2.24, 2.45) is 0 Å². The number of nitrogens with one attached hydrogen (secondary N) is 1. The highest BCUT2D eigenvalue weighted by Crippen LogP contribution is 2.18. The van der Waals surface area contributed by atoms with Crippen LogP contribution < -0.4 is 5.32 Å². The summed E-state index contributed by atoms with van der Waals surface area (Å²) in [6.07, 6.45) is 1.69. The summed E-state index contributed by atoms with van der Waals surface area (Å²) in [6.45, 7) is 3.55. The number of hydrogen-bond donors (Lipinski definition) is 1. The van der Waals surface area contributed by atoms with E-state index < -0.39 is 10.0 Å². The minimum Gasteiger partial charge on any atom is -0.385 e. The summed E-state index contributed by atoms with van der Waals surface area (Å²) < 4.78 is 32.0. The Kier molecular flexibility index (Phi) is 7.37. The number of unbranched alkanes of at least 4 members (excludes halogenated alkanes) is 1. The normalized spacial score (nSPS) is 16.7. The zero-order valence-corrected chi connectivity index (χ0v) is 15.7. The predicted octanol–water partition coefficient (Wildman–Crippen LogP) is 0.779. The van der Waals surface area contributed by atoms with Gasteiger partial charge in [0.15, 0.2) is 0 Å². The topological polar surface area (TPSA) is 78.9 Å². The molecule has 25 heavy (non-hydrogen) atoms. The quantitative estimate of drug-likeness (QED) is 0.685. The lowest BCUT2D eigenvalue weighted by molar-refractivity contribution is 0.0951. The van der Waals surface area contributed by atoms with Crippen LogP contribution in [0.25, 0.3) is 0 Å². The lowest BCUT2D eigenvalue weighted by atomic mass is 10.2. The summed E-state index contributed by atoms with van der Waals surface area (Å²) in [5.74, 6) is -0.257. The molecule has 0 spiro atoms. The lowest BCUT2D eigenvalue weighted by Gasteiger charge is -2.31. The van der Waals surface area contributed by atoms with E-state index in [1.165, 1.54) is 10.4 Å². The SMILES string of the molecule is COCCCCNC(=O)c1cccc(S(=O)(=O)N2CCN(C)CC2)c1. The van der Waals surface area contributed by atoms with Gasteiger partial charge < -0.3 is 15.0 Å². The average Bonchev–Trinajstić information content (AvgIpc) is 2.62. The van der Waals surface area contributed by atoms with Gasteiger partial charge >= 0.3 is 0 Å². The number of piperazine rings is 1. The molecule has 8 heteroatoms. The van der Waals surface area contributed by atoms with Crippen molar-refractivity contribution in [1.29, 1.82) is 0 Å². The van der Waals surface area contributed by atoms with Gasteiger partial charge in [0.2, 0.25) is 10.0 Å². The van der Waals surface area contributed by atoms with Crippen LogP contribution in [0.15, 0.2) is 29.2 Å². The van der Waals surface area contributed by atoms with Crippen LogP contribution in [0.4, 0.5) is 0 Å². The third kappa shape index (κ3) is 5.50. The number of ether oxygens (including phenoxy) is 1. The Hall–Kier alpha value is -1.48. The van der Waals surface area contributed by atoms with Crippen LogP contribution in [-0.2, 0) is 14.8 Å². The molecule has 7 nitrogen and oxygen atoms in total. The van der Waals surface area contributed by atoms with Crippen molar-refractivity contribution in [3.63, 3.8) is 0 Å². The summed E-state index contributed by atoms with van der Waals surface area (Å²) in [5.41, 5.74) is 0.363. The highest BCUT2D eigenvalue weighted by atomic mass is 32.2. The van der Waals surface area contributed by atoms with Gasteiger partial charge in [0, 0.05) is 52.0 Å². The molecule has 0 radical (unpaired) electrons. The second-order valence-corrected chi connectivity index (χ2v) is 8.13. The molecule has 140 valence electrons. The Balaban J connectivity index is 2.01. The Morgan fingerprint density at radius 1 is 1.20 bits per heavy atom. The van der Waals surface area contributed by atoms with E-state index in [1.54, 1.807) is 25.3 Å². The van der Waals surface area contributed by atoms with Gasteiger partial charge in [-0.2, -0.15) is 4.31 Å². The molecule has 1 fully saturated rings. The van der Waals surface area contributed by atoms with Gasteiger partial charge in [0.1, 0.15) is 0 Å². The maximum Gasteiger partial charge on any atom is 0.251 e. The molecule has 0 saturated carbocycles. The molecule has 1 amide bonds. The van der Waals surface area contributed by atoms with Crippen molar-refractivity contribution in [2.75, 3.05) is 53.5 Å². The summed E-state index contributed by atoms with van der Waals surface area (Å²) >= 11 is 0. The molecule has 0 atom stereocenters. The van der Waals surface area contributed by atoms with Crippen LogP contribution in [0.3, 0.4) is 0 Å². The first-order valence-corrected chi connectivity index (χ1v) is 9.95. The summed E-state index contributed by atoms with van der Waals surface area (Å²) in [6, 6.07) is 6.25. The number of benzene rings is 1. The second kappa shape index (κ2) is 9.28. The number of amides is 1. The first-order valence-electron chi connectivity index (χ1n) is 8.51. The Labute approximate surface area is 150 Å². The highest BCUT2D eigenvalue weighted by molar-refractivity contribution is 7.89. The van der Waals surface area contributed by atoms with Crippen molar-refractivity contribution in [1.82, 2.24) is 14.5 Å². The van der Waals surface area contributed by atoms with Gasteiger partial charge in [0.05, 0.1) is 4.90 Å². The molecule has 1 aromatic carbocycles. The molecule has 1 N–H and O–H groups in total. The second-order valence-electron chi connectivity index (χ2n) is 6.19. The number of sulfonamides is 1. The molecular formula is C17H27N3O4S. The largest absolute Gasteiger partial charge is 0.385 e. The molecule has 1 saturated heterocycles. The number of hydrogen-bond acceptors (Lipinski definition) is 5. The maximum atomic E-state index is 12.8. The fourth-order valence-electron chi connectivity index (χ4n) is 2.65. The van der Waals surface area contributed by atoms with Crippen LogP contribution in [-0.4, -0.2) is 77.0 Å². The van der Waals surface area contributed by atoms with Crippen LogP contribution in [0.1, 0.15) is 23.2 Å². The van der Waals surface area contributed by atoms with Gasteiger partial charge in [-0.1, -0.05) is 6.07 Å². The molecule has 0 aromatic heterocycles. The molecule has 0 aliphatic carbocycles. The summed E-state index contributed by atoms with van der Waals surface area (Å²) in [5, 5.41) is 2.81. The van der Waals surface area contributed by atoms with Gasteiger partial charge in [-0.25, -0.2) is 8.42 Å². The molecule has 0 unspecified atom stereocenters. The van der Waals surface area contributed by atoms with Crippen molar-refractivity contribution in [3.8, 4) is 0 Å². The van der Waals surface area contributed by atoms with Crippen LogP contribution in [0.5, 0.6) is 0 Å². The summed E-state index contributed by atoms with van der Waals surface area (Å²) in [4.78, 5) is 14.5. The van der Waals surface area contributed by atoms with E-state index in [9.17, 15) is 13.2 Å². The summed E-state index contributed by atoms with van der Waals surface area (Å²) in [7, 11) is 0.0536. The number of methoxy groups -OCH3 is 1. The number of carbonyl (C=O) groups excluding carboxylic acids is 1. The van der Waals surface area contributed by atoms with Crippen LogP contribution >= 0.6 is 0 Å². The zero-order valence-electron chi connectivity index (χ0n) is 14.9. The van der Waals surface area contributed by atoms with E-state index in [4.69, 9.17) is 4.74 Å². The third-order valence-electron chi connectivity index (χ3n) is 4.26. The number of carbonyl (C=O) groups is 1. The van der Waals surface area contributed by atoms with Crippen LogP contribution in [0.2, 0.25) is 0 Å². The Morgan fingerprint density at radius 2 is 1.92 bits per heavy atom. The minimum atomic E-state index is -3.56. The molecule has 2 rings (SSSR count). The van der Waals surface area contributed by atoms with E-state index in [-0.39, 0.29) is 10.8 Å². The average molecular weight is 369 g/mol. The van der Waals surface area contributed by atoms with Crippen LogP contribution in [0, 0.1) is 0 Å². The first-order chi connectivity index (χ1) is 11.9. The molecule has 0 bridgehead atoms. The van der Waals surface area contributed by atoms with E-state index in [0.29, 0.717) is 44.9 Å². The lowest BCUT2D eigenvalue weighted by Crippen LogP contribution is -2.47. The number of nitrogens with zero attached hydrogens (tertiary/aromatic N) is 2. The Morgan fingerprint density at radius 3 is 2.60 bits per heavy atom. The van der Waals surface area contributed by atoms with Gasteiger partial charge in [-0.05, 0) is 38.1 Å². The zero-order chi connectivity index (χ0) is 18.3. The van der Waals surface area contributed by atoms with E-state index in [2.05, 4.69) is 10.2 Å². The van der Waals surface area contributed by atoms with E-state index in [1.807, 2.05) is 7.05 Å². The molecule has 1 heterocycles. The van der Waals surface area contributed by atoms with E-state index >= 15 is 0 Å². The number of rotatable bonds is 8. The third-order valence-corrected chi connectivity index (χ3v) is 6.15. The maximum absolute atomic E-state index is 12.8. The molecule has 1 aliphatic heterocycles. The number of likely N-dealkylation sites (N-methyl/N-ethyl adjacent to an activating group) is 1. The first kappa shape index (κ1) is 19.8. The molecule has 1 aromatic rings. The monoisotopic (exact) mass is 369 g/mol. The predicted molar refractivity (Wildman–Crippen MR) is 96.1 cm³/mol. The van der Waals surface area contributed by atoms with Crippen molar-refractivity contribution < 1.29 is 17.9 Å². The van der Waals surface area contributed by atoms with Gasteiger partial charge in [-0.3, -0.25) is 4.79 Å². The highest BCUT2D eigenvalue weighted by Gasteiger charge is 2.27. The van der Waals surface area contributed by atoms with E-state index in [0.717, 1.165) is 12.8 Å². The minimum absolute atomic E-state index is 0.170. The van der Waals surface area contributed by atoms with Crippen molar-refractivity contribution in [3.05, 3.63) is 29.8 Å². The standard InChI is InChI=1S/C17H27N3O4S/c1-19-9-11-20(12-10-19)25(22,23)16-7-5-6-15(14-16)17(21)18-8-3-4-13-24-2/h5-7,14H,3-4,8-13H2,1-2H3,(H,18,21). The smallest absolute Gasteiger partial charge is 0.251 e. The van der Waals surface area contributed by atoms with Crippen molar-refractivity contribution in [2.45, 2.75) is 17.7 Å². The van der Waals surface area contributed by atoms with Gasteiger partial charge in [-0.15, -0.1) is 0 Å². The van der Waals surface area contributed by atoms with Gasteiger partial charge in [0.25, 0.3) is 5.91 Å². The Bertz CT molecular complexity index is 670. The molecular weight excluding hydrogens is 342 g/mol. The molecule has 1 aliphatic rings.